The summed E-state index contributed by atoms with van der Waals surface area (Å²) in [6, 6.07) is 20.7. The summed E-state index contributed by atoms with van der Waals surface area (Å²) in [5.41, 5.74) is 4.58. The zero-order valence-electron chi connectivity index (χ0n) is 30.6. The lowest BCUT2D eigenvalue weighted by Crippen LogP contribution is -2.65. The second-order valence-electron chi connectivity index (χ2n) is 14.5. The number of anilines is 1. The number of hydrogen-bond donors (Lipinski definition) is 0. The van der Waals surface area contributed by atoms with Gasteiger partial charge in [-0.15, -0.1) is 0 Å². The van der Waals surface area contributed by atoms with Gasteiger partial charge in [-0.25, -0.2) is 4.98 Å². The molecule has 2 saturated heterocycles. The van der Waals surface area contributed by atoms with Crippen LogP contribution in [0.4, 0.5) is 5.82 Å². The minimum atomic E-state index is -2.69. The van der Waals surface area contributed by atoms with Crippen molar-refractivity contribution < 1.29 is 27.2 Å². The molecule has 5 rings (SSSR count). The summed E-state index contributed by atoms with van der Waals surface area (Å²) < 4.78 is 39.1. The Labute approximate surface area is 290 Å². The predicted octanol–water partition coefficient (Wildman–Crippen LogP) is 9.09. The Balaban J connectivity index is 1.39. The number of fused-ring (bicyclic) bond motifs is 1. The van der Waals surface area contributed by atoms with Crippen LogP contribution < -0.4 is 14.4 Å². The average molecular weight is 693 g/mol. The number of benzene rings is 2. The van der Waals surface area contributed by atoms with Gasteiger partial charge in [-0.2, -0.15) is 0 Å². The van der Waals surface area contributed by atoms with Gasteiger partial charge in [-0.1, -0.05) is 85.7 Å². The molecule has 2 aliphatic rings. The van der Waals surface area contributed by atoms with E-state index >= 15 is 0 Å². The first kappa shape index (κ1) is 36.5. The maximum absolute atomic E-state index is 7.37. The van der Waals surface area contributed by atoms with Gasteiger partial charge in [0.2, 0.25) is 0 Å². The molecule has 48 heavy (non-hydrogen) atoms. The smallest absolute Gasteiger partial charge is 0.335 e. The van der Waals surface area contributed by atoms with Gasteiger partial charge in [-0.3, -0.25) is 0 Å². The van der Waals surface area contributed by atoms with Crippen molar-refractivity contribution in [1.29, 1.82) is 0 Å². The zero-order chi connectivity index (χ0) is 34.6. The molecule has 0 saturated carbocycles. The molecule has 0 unspecified atom stereocenters. The Morgan fingerprint density at radius 3 is 1.67 bits per heavy atom. The van der Waals surface area contributed by atoms with Gasteiger partial charge in [0.1, 0.15) is 23.4 Å². The van der Waals surface area contributed by atoms with Crippen LogP contribution in [0.15, 0.2) is 66.9 Å². The number of aromatic nitrogens is 1. The molecule has 2 aromatic carbocycles. The number of hydrogen-bond acceptors (Lipinski definition) is 8. The minimum Gasteiger partial charge on any atom is -0.497 e. The average Bonchev–Trinajstić information content (AvgIpc) is 3.46. The van der Waals surface area contributed by atoms with Crippen LogP contribution in [-0.4, -0.2) is 55.1 Å². The van der Waals surface area contributed by atoms with Gasteiger partial charge in [-0.05, 0) is 69.2 Å². The number of methoxy groups -OCH3 is 2. The summed E-state index contributed by atoms with van der Waals surface area (Å²) in [5, 5.41) is 0. The molecule has 0 amide bonds. The normalized spacial score (nSPS) is 22.1. The molecule has 2 fully saturated rings. The molecular formula is C38H56N2O6Si2. The largest absolute Gasteiger partial charge is 0.497 e. The van der Waals surface area contributed by atoms with E-state index in [1.165, 1.54) is 11.1 Å². The number of ether oxygens (including phenoxy) is 3. The van der Waals surface area contributed by atoms with Gasteiger partial charge in [0.05, 0.1) is 33.0 Å². The van der Waals surface area contributed by atoms with E-state index in [0.717, 1.165) is 29.3 Å². The summed E-state index contributed by atoms with van der Waals surface area (Å²) in [6.45, 7) is 20.0. The van der Waals surface area contributed by atoms with Crippen LogP contribution in [0, 0.1) is 0 Å². The summed E-state index contributed by atoms with van der Waals surface area (Å²) in [5.74, 6) is 2.59. The van der Waals surface area contributed by atoms with E-state index in [-0.39, 0.29) is 29.4 Å². The monoisotopic (exact) mass is 692 g/mol. The van der Waals surface area contributed by atoms with Crippen molar-refractivity contribution in [2.45, 2.75) is 115 Å². The van der Waals surface area contributed by atoms with Crippen LogP contribution in [-0.2, 0) is 30.8 Å². The lowest BCUT2D eigenvalue weighted by atomic mass is 10.1. The fourth-order valence-electron chi connectivity index (χ4n) is 7.26. The summed E-state index contributed by atoms with van der Waals surface area (Å²) >= 11 is 0. The Morgan fingerprint density at radius 1 is 0.708 bits per heavy atom. The second kappa shape index (κ2) is 15.4. The van der Waals surface area contributed by atoms with E-state index < -0.39 is 17.1 Å². The van der Waals surface area contributed by atoms with E-state index in [0.29, 0.717) is 30.8 Å². The molecule has 8 nitrogen and oxygen atoms in total. The van der Waals surface area contributed by atoms with Crippen LogP contribution in [0.3, 0.4) is 0 Å². The molecule has 0 bridgehead atoms. The van der Waals surface area contributed by atoms with Gasteiger partial charge < -0.3 is 32.1 Å². The standard InChI is InChI=1S/C38H56N2O6Si2/c1-26(2)47(27(3)4)43-25-37-36(45-48(46-47,28(5)6)29(7)8)21-35(44-37)32-15-20-38(39-22-32)40(23-30-11-16-33(41-9)17-12-30)24-31-13-18-34(42-10)19-14-31/h11-20,22,26-29,35-37H,21,23-25H2,1-10H3/t35-,36+,37-/m1/s1. The Kier molecular flexibility index (Phi) is 11.8. The number of pyridine rings is 1. The molecule has 262 valence electrons. The zero-order valence-corrected chi connectivity index (χ0v) is 32.6. The van der Waals surface area contributed by atoms with Crippen molar-refractivity contribution in [2.24, 2.45) is 0 Å². The van der Waals surface area contributed by atoms with Crippen LogP contribution in [0.1, 0.15) is 84.6 Å². The maximum atomic E-state index is 7.37. The predicted molar refractivity (Wildman–Crippen MR) is 196 cm³/mol. The second-order valence-corrected chi connectivity index (χ2v) is 23.4. The number of rotatable bonds is 12. The highest BCUT2D eigenvalue weighted by molar-refractivity contribution is 6.84. The Bertz CT molecular complexity index is 1380. The third kappa shape index (κ3) is 7.69. The van der Waals surface area contributed by atoms with Crippen molar-refractivity contribution >= 4 is 22.9 Å². The first-order chi connectivity index (χ1) is 22.9. The van der Waals surface area contributed by atoms with E-state index in [4.69, 9.17) is 32.2 Å². The lowest BCUT2D eigenvalue weighted by molar-refractivity contribution is -0.0386. The van der Waals surface area contributed by atoms with Gasteiger partial charge in [0.25, 0.3) is 0 Å². The van der Waals surface area contributed by atoms with Crippen LogP contribution in [0.25, 0.3) is 0 Å². The summed E-state index contributed by atoms with van der Waals surface area (Å²) in [6.07, 6.45) is 2.38. The van der Waals surface area contributed by atoms with Crippen molar-refractivity contribution in [1.82, 2.24) is 4.98 Å². The quantitative estimate of drug-likeness (QED) is 0.174. The minimum absolute atomic E-state index is 0.0842. The third-order valence-corrected chi connectivity index (χ3v) is 20.4. The molecule has 2 aliphatic heterocycles. The molecule has 3 aromatic rings. The molecule has 10 heteroatoms. The molecule has 3 atom stereocenters. The first-order valence-electron chi connectivity index (χ1n) is 17.5. The Hall–Kier alpha value is -2.74. The van der Waals surface area contributed by atoms with Crippen LogP contribution in [0.2, 0.25) is 22.2 Å². The van der Waals surface area contributed by atoms with E-state index in [9.17, 15) is 0 Å². The van der Waals surface area contributed by atoms with Gasteiger partial charge in [0.15, 0.2) is 0 Å². The number of nitrogens with zero attached hydrogens (tertiary/aromatic N) is 2. The summed E-state index contributed by atoms with van der Waals surface area (Å²) in [4.78, 5) is 7.30. The Morgan fingerprint density at radius 2 is 1.23 bits per heavy atom. The molecule has 3 heterocycles. The molecule has 0 aliphatic carbocycles. The summed E-state index contributed by atoms with van der Waals surface area (Å²) in [7, 11) is -1.92. The van der Waals surface area contributed by atoms with Crippen molar-refractivity contribution in [3.05, 3.63) is 83.6 Å². The highest BCUT2D eigenvalue weighted by Gasteiger charge is 2.60. The van der Waals surface area contributed by atoms with Crippen molar-refractivity contribution in [2.75, 3.05) is 25.7 Å². The van der Waals surface area contributed by atoms with Crippen molar-refractivity contribution in [3.8, 4) is 11.5 Å². The fraction of sp³-hybridized carbons (Fsp3) is 0.553. The fourth-order valence-corrected chi connectivity index (χ4v) is 18.5. The van der Waals surface area contributed by atoms with Gasteiger partial charge in [0, 0.05) is 25.7 Å². The van der Waals surface area contributed by atoms with Crippen LogP contribution >= 0.6 is 0 Å². The van der Waals surface area contributed by atoms with E-state index in [1.54, 1.807) is 14.2 Å². The third-order valence-electron chi connectivity index (χ3n) is 10.1. The highest BCUT2D eigenvalue weighted by Crippen LogP contribution is 2.48. The van der Waals surface area contributed by atoms with E-state index in [1.807, 2.05) is 30.5 Å². The first-order valence-corrected chi connectivity index (χ1v) is 21.5. The lowest BCUT2D eigenvalue weighted by Gasteiger charge is -2.51. The SMILES string of the molecule is COc1ccc(CN(Cc2ccc(OC)cc2)c2ccc([C@H]3C[C@@H]4O[Si](C(C)C)(C(C)C)O[Si](C(C)C)(C(C)C)OC[C@H]4O3)cn2)cc1. The maximum Gasteiger partial charge on any atom is 0.335 e. The molecule has 0 radical (unpaired) electrons. The van der Waals surface area contributed by atoms with E-state index in [2.05, 4.69) is 96.7 Å². The van der Waals surface area contributed by atoms with Gasteiger partial charge >= 0.3 is 17.1 Å². The topological polar surface area (TPSA) is 71.5 Å². The molecule has 0 N–H and O–H groups in total. The molecule has 1 aromatic heterocycles. The van der Waals surface area contributed by atoms with Crippen molar-refractivity contribution in [3.63, 3.8) is 0 Å². The highest BCUT2D eigenvalue weighted by atomic mass is 28.5. The molecular weight excluding hydrogens is 637 g/mol. The molecule has 0 spiro atoms. The van der Waals surface area contributed by atoms with Crippen LogP contribution in [0.5, 0.6) is 11.5 Å².